The summed E-state index contributed by atoms with van der Waals surface area (Å²) in [5, 5.41) is 28.2. The Labute approximate surface area is 188 Å². The summed E-state index contributed by atoms with van der Waals surface area (Å²) in [6.45, 7) is 3.65. The van der Waals surface area contributed by atoms with Crippen molar-refractivity contribution in [1.82, 2.24) is 24.9 Å². The average Bonchev–Trinajstić information content (AvgIpc) is 3.35. The molecule has 164 valence electrons. The van der Waals surface area contributed by atoms with E-state index in [1.807, 2.05) is 50.2 Å². The van der Waals surface area contributed by atoms with Crippen molar-refractivity contribution in [2.75, 3.05) is 0 Å². The molecular weight excluding hydrogens is 430 g/mol. The molecule has 4 atom stereocenters. The first-order valence-corrected chi connectivity index (χ1v) is 11.0. The number of carbonyl (C=O) groups excluding carboxylic acids is 1. The second-order valence-electron chi connectivity index (χ2n) is 8.43. The molecule has 2 aliphatic rings. The molecular formula is C22H21N5O4S. The van der Waals surface area contributed by atoms with E-state index in [0.29, 0.717) is 11.3 Å². The molecule has 0 radical (unpaired) electrons. The van der Waals surface area contributed by atoms with E-state index in [2.05, 4.69) is 15.3 Å². The molecule has 0 aliphatic carbocycles. The van der Waals surface area contributed by atoms with E-state index in [9.17, 15) is 19.8 Å². The molecule has 1 aromatic carbocycles. The van der Waals surface area contributed by atoms with Gasteiger partial charge < -0.3 is 15.1 Å². The average molecular weight is 452 g/mol. The quantitative estimate of drug-likeness (QED) is 0.566. The summed E-state index contributed by atoms with van der Waals surface area (Å²) in [6.07, 6.45) is 4.01. The van der Waals surface area contributed by atoms with E-state index in [-0.39, 0.29) is 11.3 Å². The van der Waals surface area contributed by atoms with Crippen molar-refractivity contribution < 1.29 is 19.8 Å². The number of pyridine rings is 1. The van der Waals surface area contributed by atoms with Crippen molar-refractivity contribution in [2.24, 2.45) is 0 Å². The van der Waals surface area contributed by atoms with Crippen LogP contribution in [0.5, 0.6) is 0 Å². The number of thioether (sulfide) groups is 1. The number of amides is 1. The predicted molar refractivity (Wildman–Crippen MR) is 117 cm³/mol. The Kier molecular flexibility index (Phi) is 4.79. The maximum Gasteiger partial charge on any atom is 0.327 e. The SMILES string of the molecule is CC1(C)S[C@@H]2[C@H](n3cc(C(O)c4ccc(-c5ccncc5)cc4)nn3)C(=O)N2[C@H]1C(=O)O. The van der Waals surface area contributed by atoms with Gasteiger partial charge in [-0.05, 0) is 42.7 Å². The third kappa shape index (κ3) is 3.18. The van der Waals surface area contributed by atoms with Crippen LogP contribution in [0.3, 0.4) is 0 Å². The Morgan fingerprint density at radius 2 is 1.78 bits per heavy atom. The number of hydrogen-bond acceptors (Lipinski definition) is 7. The smallest absolute Gasteiger partial charge is 0.327 e. The molecule has 4 heterocycles. The first-order valence-electron chi connectivity index (χ1n) is 10.1. The van der Waals surface area contributed by atoms with E-state index in [4.69, 9.17) is 0 Å². The number of nitrogens with zero attached hydrogens (tertiary/aromatic N) is 5. The van der Waals surface area contributed by atoms with Gasteiger partial charge in [0.2, 0.25) is 0 Å². The molecule has 9 nitrogen and oxygen atoms in total. The number of aromatic nitrogens is 4. The molecule has 2 N–H and O–H groups in total. The van der Waals surface area contributed by atoms with Gasteiger partial charge in [0, 0.05) is 17.1 Å². The van der Waals surface area contributed by atoms with Crippen LogP contribution in [0.2, 0.25) is 0 Å². The second kappa shape index (κ2) is 7.42. The van der Waals surface area contributed by atoms with Crippen molar-refractivity contribution in [1.29, 1.82) is 0 Å². The molecule has 2 fully saturated rings. The first-order chi connectivity index (χ1) is 15.3. The summed E-state index contributed by atoms with van der Waals surface area (Å²) in [5.74, 6) is -1.31. The van der Waals surface area contributed by atoms with E-state index in [1.165, 1.54) is 21.3 Å². The molecule has 2 saturated heterocycles. The van der Waals surface area contributed by atoms with Crippen LogP contribution < -0.4 is 0 Å². The van der Waals surface area contributed by atoms with Crippen LogP contribution in [0.15, 0.2) is 55.0 Å². The highest BCUT2D eigenvalue weighted by Crippen LogP contribution is 2.54. The number of carbonyl (C=O) groups is 2. The zero-order chi connectivity index (χ0) is 22.6. The minimum absolute atomic E-state index is 0.298. The summed E-state index contributed by atoms with van der Waals surface area (Å²) < 4.78 is 0.821. The molecule has 1 unspecified atom stereocenters. The lowest BCUT2D eigenvalue weighted by atomic mass is 9.96. The zero-order valence-electron chi connectivity index (χ0n) is 17.4. The molecule has 10 heteroatoms. The van der Waals surface area contributed by atoms with Gasteiger partial charge in [0.15, 0.2) is 6.04 Å². The van der Waals surface area contributed by atoms with Crippen LogP contribution in [0.4, 0.5) is 0 Å². The molecule has 0 spiro atoms. The topological polar surface area (TPSA) is 121 Å². The van der Waals surface area contributed by atoms with Crippen LogP contribution in [0.25, 0.3) is 11.1 Å². The van der Waals surface area contributed by atoms with Crippen molar-refractivity contribution in [3.8, 4) is 11.1 Å². The normalized spacial score (nSPS) is 24.7. The fourth-order valence-corrected chi connectivity index (χ4v) is 6.04. The largest absolute Gasteiger partial charge is 0.480 e. The molecule has 3 aromatic rings. The van der Waals surface area contributed by atoms with Crippen LogP contribution in [-0.2, 0) is 9.59 Å². The van der Waals surface area contributed by atoms with Gasteiger partial charge in [-0.25, -0.2) is 9.48 Å². The lowest BCUT2D eigenvalue weighted by Gasteiger charge is -2.42. The number of aliphatic hydroxyl groups excluding tert-OH is 1. The Morgan fingerprint density at radius 1 is 1.12 bits per heavy atom. The molecule has 5 rings (SSSR count). The molecule has 0 saturated carbocycles. The monoisotopic (exact) mass is 451 g/mol. The van der Waals surface area contributed by atoms with Crippen LogP contribution in [-0.4, -0.2) is 63.1 Å². The number of β-lactam (4-membered cyclic amide) rings is 1. The van der Waals surface area contributed by atoms with Crippen molar-refractivity contribution in [2.45, 2.75) is 42.2 Å². The molecule has 0 bridgehead atoms. The Bertz CT molecular complexity index is 1180. The van der Waals surface area contributed by atoms with E-state index < -0.39 is 28.9 Å². The predicted octanol–water partition coefficient (Wildman–Crippen LogP) is 2.11. The summed E-state index contributed by atoms with van der Waals surface area (Å²) >= 11 is 1.44. The maximum atomic E-state index is 12.8. The van der Waals surface area contributed by atoms with E-state index >= 15 is 0 Å². The van der Waals surface area contributed by atoms with Gasteiger partial charge in [-0.1, -0.05) is 29.5 Å². The highest BCUT2D eigenvalue weighted by atomic mass is 32.2. The molecule has 2 aromatic heterocycles. The van der Waals surface area contributed by atoms with E-state index in [1.54, 1.807) is 18.6 Å². The minimum atomic E-state index is -1.01. The Morgan fingerprint density at radius 3 is 2.44 bits per heavy atom. The number of carboxylic acid groups (broad SMARTS) is 1. The third-order valence-corrected chi connectivity index (χ3v) is 7.54. The zero-order valence-corrected chi connectivity index (χ0v) is 18.2. The number of aliphatic carboxylic acids is 1. The summed E-state index contributed by atoms with van der Waals surface area (Å²) in [7, 11) is 0. The number of rotatable bonds is 5. The lowest BCUT2D eigenvalue weighted by molar-refractivity contribution is -0.162. The number of benzene rings is 1. The van der Waals surface area contributed by atoms with Crippen molar-refractivity contribution in [3.63, 3.8) is 0 Å². The Balaban J connectivity index is 1.34. The highest BCUT2D eigenvalue weighted by Gasteiger charge is 2.64. The number of aliphatic hydroxyl groups is 1. The van der Waals surface area contributed by atoms with Gasteiger partial charge in [0.25, 0.3) is 5.91 Å². The van der Waals surface area contributed by atoms with Gasteiger partial charge in [-0.2, -0.15) is 0 Å². The fourth-order valence-electron chi connectivity index (χ4n) is 4.36. The molecule has 1 amide bonds. The molecule has 32 heavy (non-hydrogen) atoms. The lowest BCUT2D eigenvalue weighted by Crippen LogP contribution is -2.62. The van der Waals surface area contributed by atoms with Crippen LogP contribution >= 0.6 is 11.8 Å². The number of fused-ring (bicyclic) bond motifs is 1. The standard InChI is InChI=1S/C22H21N5O4S/c1-22(2)18(21(30)31)27-19(29)16(20(27)32-22)26-11-15(24-25-26)17(28)14-5-3-12(4-6-14)13-7-9-23-10-8-13/h3-11,16-18,20,28H,1-2H3,(H,30,31)/t16-,17?,18+,20-/m1/s1. The van der Waals surface area contributed by atoms with Crippen molar-refractivity contribution in [3.05, 3.63) is 66.2 Å². The van der Waals surface area contributed by atoms with Crippen molar-refractivity contribution >= 4 is 23.6 Å². The minimum Gasteiger partial charge on any atom is -0.480 e. The Hall–Kier alpha value is -3.24. The van der Waals surface area contributed by atoms with Gasteiger partial charge in [0.1, 0.15) is 23.2 Å². The van der Waals surface area contributed by atoms with Gasteiger partial charge in [-0.3, -0.25) is 9.78 Å². The van der Waals surface area contributed by atoms with Crippen LogP contribution in [0.1, 0.15) is 37.3 Å². The van der Waals surface area contributed by atoms with Gasteiger partial charge in [-0.15, -0.1) is 16.9 Å². The summed E-state index contributed by atoms with van der Waals surface area (Å²) in [6, 6.07) is 9.77. The second-order valence-corrected chi connectivity index (χ2v) is 10.2. The van der Waals surface area contributed by atoms with Crippen LogP contribution in [0, 0.1) is 0 Å². The first kappa shape index (κ1) is 20.7. The third-order valence-electron chi connectivity index (χ3n) is 5.98. The fraction of sp³-hybridized carbons (Fsp3) is 0.318. The highest BCUT2D eigenvalue weighted by molar-refractivity contribution is 8.01. The summed E-state index contributed by atoms with van der Waals surface area (Å²) in [4.78, 5) is 29.9. The van der Waals surface area contributed by atoms with Gasteiger partial charge >= 0.3 is 5.97 Å². The summed E-state index contributed by atoms with van der Waals surface area (Å²) in [5.41, 5.74) is 3.00. The number of carboxylic acids is 1. The van der Waals surface area contributed by atoms with Gasteiger partial charge in [0.05, 0.1) is 6.20 Å². The molecule has 2 aliphatic heterocycles. The number of hydrogen-bond donors (Lipinski definition) is 2. The maximum absolute atomic E-state index is 12.8. The van der Waals surface area contributed by atoms with E-state index in [0.717, 1.165) is 11.1 Å².